The van der Waals surface area contributed by atoms with Gasteiger partial charge in [-0.3, -0.25) is 9.59 Å². The van der Waals surface area contributed by atoms with Crippen molar-refractivity contribution >= 4 is 28.3 Å². The van der Waals surface area contributed by atoms with Gasteiger partial charge in [0.1, 0.15) is 11.7 Å². The van der Waals surface area contributed by atoms with Gasteiger partial charge >= 0.3 is 5.97 Å². The summed E-state index contributed by atoms with van der Waals surface area (Å²) in [6.07, 6.45) is 2.86. The predicted octanol–water partition coefficient (Wildman–Crippen LogP) is 4.07. The molecule has 1 N–H and O–H groups in total. The van der Waals surface area contributed by atoms with E-state index in [1.807, 2.05) is 30.3 Å². The van der Waals surface area contributed by atoms with Crippen molar-refractivity contribution in [3.63, 3.8) is 0 Å². The molecule has 2 aliphatic carbocycles. The first-order chi connectivity index (χ1) is 15.5. The predicted molar refractivity (Wildman–Crippen MR) is 118 cm³/mol. The smallest absolute Gasteiger partial charge is 0.315 e. The van der Waals surface area contributed by atoms with E-state index >= 15 is 0 Å². The number of aryl methyl sites for hydroxylation is 1. The van der Waals surface area contributed by atoms with Crippen LogP contribution in [0.1, 0.15) is 48.4 Å². The number of hydrogen-bond acceptors (Lipinski definition) is 8. The molecule has 9 heteroatoms. The molecule has 0 spiro atoms. The molecule has 1 amide bonds. The van der Waals surface area contributed by atoms with Gasteiger partial charge in [0.15, 0.2) is 10.9 Å². The summed E-state index contributed by atoms with van der Waals surface area (Å²) < 4.78 is 16.0. The number of anilines is 1. The van der Waals surface area contributed by atoms with Crippen LogP contribution in [0.2, 0.25) is 0 Å². The number of esters is 1. The minimum atomic E-state index is -0.711. The average molecular weight is 454 g/mol. The summed E-state index contributed by atoms with van der Waals surface area (Å²) in [6.45, 7) is 2.13. The van der Waals surface area contributed by atoms with Crippen LogP contribution in [0.25, 0.3) is 11.3 Å². The van der Waals surface area contributed by atoms with Gasteiger partial charge in [0.2, 0.25) is 5.91 Å². The second kappa shape index (κ2) is 8.05. The maximum atomic E-state index is 13.2. The van der Waals surface area contributed by atoms with Gasteiger partial charge in [-0.1, -0.05) is 17.3 Å². The number of nitrogens with zero attached hydrogens (tertiary/aromatic N) is 2. The Balaban J connectivity index is 1.32. The fourth-order valence-electron chi connectivity index (χ4n) is 4.11. The SMILES string of the molecule is CCOC(=O)C1CCc2sc(NC(=O)C3(c4cc(-c5cccc(OC)c5)on4)CC3)nc21. The van der Waals surface area contributed by atoms with Gasteiger partial charge in [0.25, 0.3) is 0 Å². The van der Waals surface area contributed by atoms with E-state index in [0.29, 0.717) is 42.5 Å². The normalized spacial score (nSPS) is 18.1. The maximum Gasteiger partial charge on any atom is 0.315 e. The van der Waals surface area contributed by atoms with E-state index in [2.05, 4.69) is 15.5 Å². The molecule has 2 aliphatic rings. The van der Waals surface area contributed by atoms with E-state index in [-0.39, 0.29) is 17.8 Å². The third kappa shape index (κ3) is 3.56. The lowest BCUT2D eigenvalue weighted by atomic mass is 10.0. The van der Waals surface area contributed by atoms with E-state index in [0.717, 1.165) is 28.3 Å². The number of fused-ring (bicyclic) bond motifs is 1. The molecule has 0 saturated heterocycles. The van der Waals surface area contributed by atoms with Crippen LogP contribution in [0, 0.1) is 0 Å². The number of benzene rings is 1. The fraction of sp³-hybridized carbons (Fsp3) is 0.391. The molecular weight excluding hydrogens is 430 g/mol. The Bertz CT molecular complexity index is 1180. The van der Waals surface area contributed by atoms with Gasteiger partial charge in [0, 0.05) is 16.5 Å². The van der Waals surface area contributed by atoms with Crippen molar-refractivity contribution in [1.29, 1.82) is 0 Å². The second-order valence-corrected chi connectivity index (χ2v) is 9.10. The van der Waals surface area contributed by atoms with Crippen LogP contribution in [0.3, 0.4) is 0 Å². The van der Waals surface area contributed by atoms with Gasteiger partial charge in [-0.15, -0.1) is 11.3 Å². The monoisotopic (exact) mass is 453 g/mol. The summed E-state index contributed by atoms with van der Waals surface area (Å²) in [5.41, 5.74) is 1.47. The van der Waals surface area contributed by atoms with Crippen LogP contribution in [-0.4, -0.2) is 35.7 Å². The lowest BCUT2D eigenvalue weighted by Crippen LogP contribution is -2.28. The topological polar surface area (TPSA) is 104 Å². The van der Waals surface area contributed by atoms with Gasteiger partial charge in [-0.05, 0) is 44.7 Å². The minimum Gasteiger partial charge on any atom is -0.497 e. The lowest BCUT2D eigenvalue weighted by Gasteiger charge is -2.11. The van der Waals surface area contributed by atoms with E-state index in [9.17, 15) is 9.59 Å². The Morgan fingerprint density at radius 3 is 2.91 bits per heavy atom. The number of aromatic nitrogens is 2. The van der Waals surface area contributed by atoms with Crippen LogP contribution in [0.5, 0.6) is 5.75 Å². The highest BCUT2D eigenvalue weighted by Gasteiger charge is 2.54. The molecule has 2 heterocycles. The first kappa shape index (κ1) is 20.7. The molecule has 0 radical (unpaired) electrons. The number of nitrogens with one attached hydrogen (secondary N) is 1. The lowest BCUT2D eigenvalue weighted by molar-refractivity contribution is -0.145. The van der Waals surface area contributed by atoms with Crippen molar-refractivity contribution in [2.75, 3.05) is 19.0 Å². The van der Waals surface area contributed by atoms with Gasteiger partial charge in [-0.2, -0.15) is 0 Å². The molecule has 0 bridgehead atoms. The number of carbonyl (C=O) groups excluding carboxylic acids is 2. The van der Waals surface area contributed by atoms with Crippen LogP contribution in [0.4, 0.5) is 5.13 Å². The highest BCUT2D eigenvalue weighted by atomic mass is 32.1. The number of rotatable bonds is 7. The van der Waals surface area contributed by atoms with Crippen LogP contribution in [-0.2, 0) is 26.2 Å². The fourth-order valence-corrected chi connectivity index (χ4v) is 5.14. The van der Waals surface area contributed by atoms with Gasteiger partial charge in [0.05, 0.1) is 30.5 Å². The van der Waals surface area contributed by atoms with E-state index < -0.39 is 5.41 Å². The van der Waals surface area contributed by atoms with Gasteiger partial charge < -0.3 is 19.3 Å². The Morgan fingerprint density at radius 2 is 2.16 bits per heavy atom. The number of thiazole rings is 1. The summed E-state index contributed by atoms with van der Waals surface area (Å²) in [7, 11) is 1.61. The van der Waals surface area contributed by atoms with Crippen molar-refractivity contribution in [3.8, 4) is 17.1 Å². The van der Waals surface area contributed by atoms with Crippen molar-refractivity contribution in [2.24, 2.45) is 0 Å². The largest absolute Gasteiger partial charge is 0.497 e. The Labute approximate surface area is 188 Å². The number of amides is 1. The maximum absolute atomic E-state index is 13.2. The standard InChI is InChI=1S/C23H23N3O5S/c1-3-30-20(27)15-7-8-17-19(15)24-22(32-17)25-21(28)23(9-10-23)18-12-16(31-26-18)13-5-4-6-14(11-13)29-2/h4-6,11-12,15H,3,7-10H2,1-2H3,(H,24,25,28). The van der Waals surface area contributed by atoms with Crippen molar-refractivity contribution in [3.05, 3.63) is 46.6 Å². The summed E-state index contributed by atoms with van der Waals surface area (Å²) in [6, 6.07) is 9.32. The van der Waals surface area contributed by atoms with E-state index in [4.69, 9.17) is 14.0 Å². The van der Waals surface area contributed by atoms with Gasteiger partial charge in [-0.25, -0.2) is 4.98 Å². The third-order valence-corrected chi connectivity index (χ3v) is 7.10. The number of ether oxygens (including phenoxy) is 2. The molecule has 0 aliphatic heterocycles. The molecule has 1 saturated carbocycles. The first-order valence-corrected chi connectivity index (χ1v) is 11.4. The molecule has 2 aromatic heterocycles. The highest BCUT2D eigenvalue weighted by molar-refractivity contribution is 7.16. The first-order valence-electron chi connectivity index (χ1n) is 10.6. The molecule has 8 nitrogen and oxygen atoms in total. The summed E-state index contributed by atoms with van der Waals surface area (Å²) in [4.78, 5) is 30.9. The van der Waals surface area contributed by atoms with Crippen LogP contribution < -0.4 is 10.1 Å². The minimum absolute atomic E-state index is 0.150. The van der Waals surface area contributed by atoms with Crippen molar-refractivity contribution in [1.82, 2.24) is 10.1 Å². The van der Waals surface area contributed by atoms with Crippen molar-refractivity contribution < 1.29 is 23.6 Å². The van der Waals surface area contributed by atoms with Crippen LogP contribution in [0.15, 0.2) is 34.9 Å². The van der Waals surface area contributed by atoms with E-state index in [1.54, 1.807) is 14.0 Å². The summed E-state index contributed by atoms with van der Waals surface area (Å²) in [5, 5.41) is 7.65. The van der Waals surface area contributed by atoms with E-state index in [1.165, 1.54) is 11.3 Å². The Morgan fingerprint density at radius 1 is 1.31 bits per heavy atom. The zero-order valence-electron chi connectivity index (χ0n) is 17.8. The zero-order chi connectivity index (χ0) is 22.3. The molecule has 32 heavy (non-hydrogen) atoms. The summed E-state index contributed by atoms with van der Waals surface area (Å²) >= 11 is 1.43. The Kier molecular flexibility index (Phi) is 5.21. The molecule has 1 fully saturated rings. The molecule has 166 valence electrons. The molecule has 1 unspecified atom stereocenters. The van der Waals surface area contributed by atoms with Crippen LogP contribution >= 0.6 is 11.3 Å². The molecular formula is C23H23N3O5S. The second-order valence-electron chi connectivity index (χ2n) is 8.02. The number of hydrogen-bond donors (Lipinski definition) is 1. The quantitative estimate of drug-likeness (QED) is 0.538. The average Bonchev–Trinajstić information content (AvgIpc) is 3.11. The zero-order valence-corrected chi connectivity index (χ0v) is 18.7. The molecule has 1 aromatic carbocycles. The summed E-state index contributed by atoms with van der Waals surface area (Å²) in [5.74, 6) is 0.562. The highest BCUT2D eigenvalue weighted by Crippen LogP contribution is 2.50. The number of carbonyl (C=O) groups is 2. The number of methoxy groups -OCH3 is 1. The molecule has 1 atom stereocenters. The van der Waals surface area contributed by atoms with Crippen molar-refractivity contribution in [2.45, 2.75) is 43.9 Å². The molecule has 5 rings (SSSR count). The third-order valence-electron chi connectivity index (χ3n) is 6.05. The molecule has 3 aromatic rings. The Hall–Kier alpha value is -3.20.